The Hall–Kier alpha value is -2.14. The van der Waals surface area contributed by atoms with E-state index < -0.39 is 0 Å². The van der Waals surface area contributed by atoms with Gasteiger partial charge in [-0.05, 0) is 66.1 Å². The molecule has 1 aromatic carbocycles. The number of aromatic amines is 1. The third-order valence-corrected chi connectivity index (χ3v) is 4.94. The first-order valence-electron chi connectivity index (χ1n) is 7.45. The number of benzene rings is 1. The largest absolute Gasteiger partial charge is 0.486 e. The zero-order valence-electron chi connectivity index (χ0n) is 12.2. The van der Waals surface area contributed by atoms with Crippen LogP contribution >= 0.6 is 22.6 Å². The van der Waals surface area contributed by atoms with Gasteiger partial charge in [-0.1, -0.05) is 6.07 Å². The molecule has 1 aliphatic rings. The molecule has 114 valence electrons. The van der Waals surface area contributed by atoms with Gasteiger partial charge >= 0.3 is 0 Å². The molecule has 2 heterocycles. The first-order chi connectivity index (χ1) is 11.2. The predicted molar refractivity (Wildman–Crippen MR) is 94.1 cm³/mol. The molecule has 0 bridgehead atoms. The summed E-state index contributed by atoms with van der Waals surface area (Å²) in [6.07, 6.45) is 2.87. The Morgan fingerprint density at radius 2 is 2.22 bits per heavy atom. The molecular weight excluding hydrogens is 403 g/mol. The molecule has 23 heavy (non-hydrogen) atoms. The number of fused-ring (bicyclic) bond motifs is 2. The van der Waals surface area contributed by atoms with Gasteiger partial charge in [0.25, 0.3) is 0 Å². The van der Waals surface area contributed by atoms with Gasteiger partial charge in [0, 0.05) is 16.6 Å². The van der Waals surface area contributed by atoms with E-state index in [1.54, 1.807) is 6.07 Å². The molecule has 0 saturated carbocycles. The second kappa shape index (κ2) is 5.81. The van der Waals surface area contributed by atoms with Crippen LogP contribution in [0.5, 0.6) is 5.75 Å². The normalized spacial score (nSPS) is 16.8. The average molecular weight is 416 g/mol. The van der Waals surface area contributed by atoms with Gasteiger partial charge in [0.05, 0.1) is 5.52 Å². The maximum Gasteiger partial charge on any atom is 0.140 e. The Morgan fingerprint density at radius 3 is 3.09 bits per heavy atom. The van der Waals surface area contributed by atoms with Crippen molar-refractivity contribution in [3.05, 3.63) is 51.0 Å². The Labute approximate surface area is 146 Å². The standard InChI is InChI=1S/C17H13IN4O/c18-17-13-8-11(5-7-15(13)21-22-17)23-16-3-1-2-14-12(16)6-4-10(9-19)20-14/h4-8,16H,1-3H2,(H,21,22)/t16-/m1/s1. The zero-order valence-corrected chi connectivity index (χ0v) is 14.4. The summed E-state index contributed by atoms with van der Waals surface area (Å²) in [6.45, 7) is 0. The third-order valence-electron chi connectivity index (χ3n) is 4.12. The number of H-pyrrole nitrogens is 1. The molecule has 1 aliphatic carbocycles. The minimum atomic E-state index is -0.0130. The lowest BCUT2D eigenvalue weighted by Crippen LogP contribution is -2.17. The van der Waals surface area contributed by atoms with E-state index in [9.17, 15) is 0 Å². The summed E-state index contributed by atoms with van der Waals surface area (Å²) in [5.74, 6) is 0.832. The Balaban J connectivity index is 1.66. The molecule has 0 spiro atoms. The van der Waals surface area contributed by atoms with Crippen molar-refractivity contribution < 1.29 is 4.74 Å². The van der Waals surface area contributed by atoms with Crippen molar-refractivity contribution in [1.82, 2.24) is 15.2 Å². The first kappa shape index (κ1) is 14.5. The summed E-state index contributed by atoms with van der Waals surface area (Å²) in [6, 6.07) is 11.8. The predicted octanol–water partition coefficient (Wildman–Crippen LogP) is 3.89. The Bertz CT molecular complexity index is 928. The molecule has 4 rings (SSSR count). The van der Waals surface area contributed by atoms with E-state index in [1.165, 1.54) is 0 Å². The van der Waals surface area contributed by atoms with Gasteiger partial charge < -0.3 is 4.74 Å². The van der Waals surface area contributed by atoms with Crippen LogP contribution in [0, 0.1) is 15.0 Å². The monoisotopic (exact) mass is 416 g/mol. The molecule has 0 unspecified atom stereocenters. The molecule has 0 fully saturated rings. The number of nitrogens with one attached hydrogen (secondary N) is 1. The van der Waals surface area contributed by atoms with Gasteiger partial charge in [0.2, 0.25) is 0 Å². The molecular formula is C17H13IN4O. The van der Waals surface area contributed by atoms with Crippen LogP contribution in [0.4, 0.5) is 0 Å². The molecule has 6 heteroatoms. The van der Waals surface area contributed by atoms with Gasteiger partial charge in [-0.3, -0.25) is 5.10 Å². The summed E-state index contributed by atoms with van der Waals surface area (Å²) in [7, 11) is 0. The van der Waals surface area contributed by atoms with Crippen molar-refractivity contribution in [2.24, 2.45) is 0 Å². The van der Waals surface area contributed by atoms with E-state index in [-0.39, 0.29) is 6.10 Å². The summed E-state index contributed by atoms with van der Waals surface area (Å²) in [5, 5.41) is 17.3. The highest BCUT2D eigenvalue weighted by Crippen LogP contribution is 2.34. The van der Waals surface area contributed by atoms with Crippen LogP contribution in [0.2, 0.25) is 0 Å². The van der Waals surface area contributed by atoms with Crippen LogP contribution in [0.3, 0.4) is 0 Å². The molecule has 1 atom stereocenters. The minimum Gasteiger partial charge on any atom is -0.486 e. The number of halogens is 1. The Kier molecular flexibility index (Phi) is 3.65. The number of aryl methyl sites for hydroxylation is 1. The number of rotatable bonds is 2. The highest BCUT2D eigenvalue weighted by Gasteiger charge is 2.23. The van der Waals surface area contributed by atoms with Gasteiger partial charge in [-0.25, -0.2) is 4.98 Å². The summed E-state index contributed by atoms with van der Waals surface area (Å²) < 4.78 is 7.16. The fourth-order valence-electron chi connectivity index (χ4n) is 3.00. The fourth-order valence-corrected chi connectivity index (χ4v) is 3.57. The molecule has 0 saturated heterocycles. The van der Waals surface area contributed by atoms with Crippen LogP contribution in [0.1, 0.15) is 35.9 Å². The highest BCUT2D eigenvalue weighted by molar-refractivity contribution is 14.1. The number of aromatic nitrogens is 3. The van der Waals surface area contributed by atoms with Crippen LogP contribution in [-0.2, 0) is 6.42 Å². The average Bonchev–Trinajstić information content (AvgIpc) is 2.95. The number of hydrogen-bond donors (Lipinski definition) is 1. The minimum absolute atomic E-state index is 0.0130. The lowest BCUT2D eigenvalue weighted by Gasteiger charge is -2.25. The van der Waals surface area contributed by atoms with E-state index in [2.05, 4.69) is 43.8 Å². The van der Waals surface area contributed by atoms with Crippen molar-refractivity contribution in [3.8, 4) is 11.8 Å². The summed E-state index contributed by atoms with van der Waals surface area (Å²) in [4.78, 5) is 4.42. The summed E-state index contributed by atoms with van der Waals surface area (Å²) >= 11 is 2.21. The topological polar surface area (TPSA) is 74.6 Å². The quantitative estimate of drug-likeness (QED) is 0.644. The zero-order chi connectivity index (χ0) is 15.8. The van der Waals surface area contributed by atoms with Crippen molar-refractivity contribution in [2.45, 2.75) is 25.4 Å². The van der Waals surface area contributed by atoms with Crippen LogP contribution < -0.4 is 4.74 Å². The molecule has 0 aliphatic heterocycles. The van der Waals surface area contributed by atoms with Crippen molar-refractivity contribution in [2.75, 3.05) is 0 Å². The van der Waals surface area contributed by atoms with E-state index >= 15 is 0 Å². The smallest absolute Gasteiger partial charge is 0.140 e. The molecule has 1 N–H and O–H groups in total. The molecule has 0 amide bonds. The number of pyridine rings is 1. The second-order valence-corrected chi connectivity index (χ2v) is 6.59. The van der Waals surface area contributed by atoms with Crippen LogP contribution in [0.15, 0.2) is 30.3 Å². The number of nitriles is 1. The maximum absolute atomic E-state index is 8.99. The number of hydrogen-bond acceptors (Lipinski definition) is 4. The SMILES string of the molecule is N#Cc1ccc2c(n1)CCC[C@H]2Oc1ccc2[nH]nc(I)c2c1. The van der Waals surface area contributed by atoms with Crippen molar-refractivity contribution in [1.29, 1.82) is 5.26 Å². The first-order valence-corrected chi connectivity index (χ1v) is 8.52. The van der Waals surface area contributed by atoms with Crippen molar-refractivity contribution in [3.63, 3.8) is 0 Å². The van der Waals surface area contributed by atoms with Crippen LogP contribution in [-0.4, -0.2) is 15.2 Å². The van der Waals surface area contributed by atoms with E-state index in [0.717, 1.165) is 50.9 Å². The Morgan fingerprint density at radius 1 is 1.30 bits per heavy atom. The van der Waals surface area contributed by atoms with Gasteiger partial charge in [-0.15, -0.1) is 0 Å². The highest BCUT2D eigenvalue weighted by atomic mass is 127. The second-order valence-electron chi connectivity index (χ2n) is 5.56. The fraction of sp³-hybridized carbons (Fsp3) is 0.235. The van der Waals surface area contributed by atoms with E-state index in [1.807, 2.05) is 24.3 Å². The van der Waals surface area contributed by atoms with Crippen LogP contribution in [0.25, 0.3) is 10.9 Å². The summed E-state index contributed by atoms with van der Waals surface area (Å²) in [5.41, 5.74) is 3.56. The van der Waals surface area contributed by atoms with E-state index in [0.29, 0.717) is 5.69 Å². The van der Waals surface area contributed by atoms with Crippen molar-refractivity contribution >= 4 is 33.5 Å². The van der Waals surface area contributed by atoms with E-state index in [4.69, 9.17) is 10.00 Å². The van der Waals surface area contributed by atoms with Gasteiger partial charge in [0.1, 0.15) is 27.3 Å². The number of nitrogens with zero attached hydrogens (tertiary/aromatic N) is 3. The molecule has 5 nitrogen and oxygen atoms in total. The molecule has 3 aromatic rings. The lowest BCUT2D eigenvalue weighted by molar-refractivity contribution is 0.182. The third kappa shape index (κ3) is 2.65. The molecule has 2 aromatic heterocycles. The number of ether oxygens (including phenoxy) is 1. The molecule has 0 radical (unpaired) electrons. The van der Waals surface area contributed by atoms with Gasteiger partial charge in [0.15, 0.2) is 0 Å². The maximum atomic E-state index is 8.99. The lowest BCUT2D eigenvalue weighted by atomic mass is 9.93. The van der Waals surface area contributed by atoms with Gasteiger partial charge in [-0.2, -0.15) is 10.4 Å².